The maximum Gasteiger partial charge on any atom is 0.418 e. The van der Waals surface area contributed by atoms with Crippen LogP contribution in [0, 0.1) is 11.8 Å². The second-order valence-electron chi connectivity index (χ2n) is 10.7. The van der Waals surface area contributed by atoms with Crippen molar-refractivity contribution >= 4 is 48.7 Å². The molecule has 1 saturated carbocycles. The third-order valence-electron chi connectivity index (χ3n) is 7.95. The molecule has 1 aromatic rings. The van der Waals surface area contributed by atoms with Gasteiger partial charge in [-0.3, -0.25) is 28.8 Å². The van der Waals surface area contributed by atoms with E-state index in [4.69, 9.17) is 14.2 Å². The van der Waals surface area contributed by atoms with Crippen LogP contribution in [0.2, 0.25) is 0 Å². The Labute approximate surface area is 240 Å². The molecule has 0 spiro atoms. The van der Waals surface area contributed by atoms with E-state index >= 15 is 0 Å². The van der Waals surface area contributed by atoms with Crippen molar-refractivity contribution in [3.63, 3.8) is 0 Å². The number of amides is 3. The van der Waals surface area contributed by atoms with Crippen molar-refractivity contribution in [1.29, 1.82) is 0 Å². The number of aliphatic hydroxyl groups is 3. The molecule has 15 nitrogen and oxygen atoms in total. The number of carbonyl (C=O) groups is 4. The Bertz CT molecular complexity index is 1200. The number of hydrogen-bond donors (Lipinski definition) is 4. The summed E-state index contributed by atoms with van der Waals surface area (Å²) in [7, 11) is 0. The fourth-order valence-electron chi connectivity index (χ4n) is 5.60. The predicted molar refractivity (Wildman–Crippen MR) is 141 cm³/mol. The molecule has 1 unspecified atom stereocenters. The number of ether oxygens (including phenoxy) is 3. The number of aromatic nitrogens is 2. The first kappa shape index (κ1) is 29.4. The highest BCUT2D eigenvalue weighted by Gasteiger charge is 2.39. The van der Waals surface area contributed by atoms with Gasteiger partial charge in [0.25, 0.3) is 0 Å². The smallest absolute Gasteiger partial charge is 0.418 e. The van der Waals surface area contributed by atoms with Gasteiger partial charge in [0, 0.05) is 19.4 Å². The Kier molecular flexibility index (Phi) is 8.94. The average molecular weight is 596 g/mol. The first-order valence-electron chi connectivity index (χ1n) is 13.5. The molecule has 3 aliphatic heterocycles. The lowest BCUT2D eigenvalue weighted by atomic mass is 9.82. The van der Waals surface area contributed by atoms with Gasteiger partial charge >= 0.3 is 12.1 Å². The zero-order chi connectivity index (χ0) is 29.3. The summed E-state index contributed by atoms with van der Waals surface area (Å²) in [6, 6.07) is 0. The maximum absolute atomic E-state index is 12.6. The van der Waals surface area contributed by atoms with Crippen LogP contribution in [-0.4, -0.2) is 109 Å². The number of aliphatic imine (C=N–C) groups is 1. The van der Waals surface area contributed by atoms with Crippen molar-refractivity contribution < 1.29 is 48.7 Å². The summed E-state index contributed by atoms with van der Waals surface area (Å²) < 4.78 is 17.4. The van der Waals surface area contributed by atoms with Gasteiger partial charge in [-0.05, 0) is 31.6 Å². The third kappa shape index (κ3) is 6.25. The summed E-state index contributed by atoms with van der Waals surface area (Å²) in [5.74, 6) is -1.04. The van der Waals surface area contributed by atoms with Crippen LogP contribution in [0.3, 0.4) is 0 Å². The van der Waals surface area contributed by atoms with E-state index in [1.807, 2.05) is 0 Å². The molecule has 1 aromatic heterocycles. The maximum atomic E-state index is 12.6. The summed E-state index contributed by atoms with van der Waals surface area (Å²) in [6.45, 7) is -0.858. The summed E-state index contributed by atoms with van der Waals surface area (Å²) in [5.41, 5.74) is 0.202. The topological polar surface area (TPSA) is 193 Å². The lowest BCUT2D eigenvalue weighted by Crippen LogP contribution is -2.37. The Morgan fingerprint density at radius 2 is 1.90 bits per heavy atom. The third-order valence-corrected chi connectivity index (χ3v) is 8.36. The normalized spacial score (nSPS) is 31.8. The predicted octanol–water partition coefficient (Wildman–Crippen LogP) is 0.0336. The Morgan fingerprint density at radius 1 is 1.15 bits per heavy atom. The second-order valence-corrected chi connectivity index (χ2v) is 11.3. The van der Waals surface area contributed by atoms with Crippen molar-refractivity contribution in [1.82, 2.24) is 19.4 Å². The molecule has 5 rings (SSSR count). The first-order valence-corrected chi connectivity index (χ1v) is 14.0. The lowest BCUT2D eigenvalue weighted by Gasteiger charge is -2.29. The Balaban J connectivity index is 1.07. The van der Waals surface area contributed by atoms with E-state index in [-0.39, 0.29) is 61.2 Å². The van der Waals surface area contributed by atoms with Crippen molar-refractivity contribution in [3.8, 4) is 0 Å². The van der Waals surface area contributed by atoms with Crippen LogP contribution in [0.25, 0.3) is 0 Å². The molecule has 0 aromatic carbocycles. The molecule has 16 heteroatoms. The largest absolute Gasteiger partial charge is 0.428 e. The monoisotopic (exact) mass is 595 g/mol. The quantitative estimate of drug-likeness (QED) is 0.144. The number of imidazole rings is 1. The van der Waals surface area contributed by atoms with E-state index in [9.17, 15) is 34.5 Å². The highest BCUT2D eigenvalue weighted by molar-refractivity contribution is 7.81. The van der Waals surface area contributed by atoms with E-state index in [2.05, 4.69) is 22.6 Å². The van der Waals surface area contributed by atoms with Crippen LogP contribution in [0.5, 0.6) is 0 Å². The number of thiol groups is 1. The fraction of sp³-hybridized carbons (Fsp3) is 0.680. The molecule has 41 heavy (non-hydrogen) atoms. The van der Waals surface area contributed by atoms with Gasteiger partial charge < -0.3 is 29.5 Å². The standard InChI is InChI=1S/C25H33N5O10S/c31-9-17-15(32)5-20(40-17)30-11-26-21-16(33)8-28(10-27-22(21)30)25(37)39-12-38-24(36)14-3-1-13(2-4-14)7-29-19(34)6-18(41)23(29)35/h10-11,13-18,20,31-33,41H,1-9,12H2/t13?,14?,15-,16-,17+,18?,20+/m1/s1. The zero-order valence-corrected chi connectivity index (χ0v) is 23.0. The number of nitrogens with zero attached hydrogens (tertiary/aromatic N) is 5. The molecule has 0 radical (unpaired) electrons. The Hall–Kier alpha value is -3.05. The van der Waals surface area contributed by atoms with Crippen molar-refractivity contribution in [2.24, 2.45) is 16.8 Å². The number of esters is 1. The molecule has 3 N–H and O–H groups in total. The zero-order valence-electron chi connectivity index (χ0n) is 22.1. The number of rotatable bonds is 7. The van der Waals surface area contributed by atoms with Crippen molar-refractivity contribution in [3.05, 3.63) is 12.0 Å². The van der Waals surface area contributed by atoms with E-state index in [0.29, 0.717) is 32.2 Å². The molecule has 2 saturated heterocycles. The number of carbonyl (C=O) groups excluding carboxylic acids is 4. The van der Waals surface area contributed by atoms with Gasteiger partial charge in [0.15, 0.2) is 5.82 Å². The van der Waals surface area contributed by atoms with Crippen LogP contribution in [0.15, 0.2) is 11.3 Å². The molecule has 4 aliphatic rings. The number of aliphatic hydroxyl groups excluding tert-OH is 3. The Morgan fingerprint density at radius 3 is 2.56 bits per heavy atom. The van der Waals surface area contributed by atoms with Crippen molar-refractivity contribution in [2.75, 3.05) is 26.5 Å². The van der Waals surface area contributed by atoms with Crippen LogP contribution in [-0.2, 0) is 28.6 Å². The molecular formula is C25H33N5O10S. The van der Waals surface area contributed by atoms with Gasteiger partial charge in [0.1, 0.15) is 30.5 Å². The number of β-amino-alcohol motifs (C(OH)–C–C–N with tert-alkyl or cyclic N) is 1. The molecule has 224 valence electrons. The van der Waals surface area contributed by atoms with Gasteiger partial charge in [0.2, 0.25) is 18.6 Å². The van der Waals surface area contributed by atoms with Gasteiger partial charge in [-0.2, -0.15) is 12.6 Å². The fourth-order valence-corrected chi connectivity index (χ4v) is 5.89. The molecular weight excluding hydrogens is 562 g/mol. The molecule has 3 fully saturated rings. The van der Waals surface area contributed by atoms with E-state index in [1.165, 1.54) is 22.1 Å². The van der Waals surface area contributed by atoms with Gasteiger partial charge in [0.05, 0.1) is 36.8 Å². The molecule has 0 bridgehead atoms. The number of imide groups is 1. The van der Waals surface area contributed by atoms with Crippen LogP contribution in [0.4, 0.5) is 10.6 Å². The van der Waals surface area contributed by atoms with Gasteiger partial charge in [-0.1, -0.05) is 0 Å². The highest BCUT2D eigenvalue weighted by Crippen LogP contribution is 2.36. The minimum absolute atomic E-state index is 0.106. The van der Waals surface area contributed by atoms with E-state index < -0.39 is 48.6 Å². The summed E-state index contributed by atoms with van der Waals surface area (Å²) in [5, 5.41) is 29.4. The van der Waals surface area contributed by atoms with Crippen LogP contribution in [0.1, 0.15) is 56.6 Å². The molecule has 3 amide bonds. The first-order chi connectivity index (χ1) is 19.7. The molecule has 1 aliphatic carbocycles. The SMILES string of the molecule is O=C(OCOC(=O)N1C=Nc2c(ncn2[C@@H]2C[C@@H](O)[C@H](CO)O2)[C@H](O)C1)C1CCC(CN2C(=O)CC(S)C2=O)CC1. The van der Waals surface area contributed by atoms with Crippen LogP contribution >= 0.6 is 12.6 Å². The number of likely N-dealkylation sites (tertiary alicyclic amines) is 1. The molecule has 5 atom stereocenters. The minimum atomic E-state index is -1.20. The summed E-state index contributed by atoms with van der Waals surface area (Å²) in [6.07, 6.45) is 0.836. The number of fused-ring (bicyclic) bond motifs is 1. The van der Waals surface area contributed by atoms with Gasteiger partial charge in [-0.15, -0.1) is 0 Å². The van der Waals surface area contributed by atoms with E-state index in [1.54, 1.807) is 0 Å². The van der Waals surface area contributed by atoms with E-state index in [0.717, 1.165) is 4.90 Å². The lowest BCUT2D eigenvalue weighted by molar-refractivity contribution is -0.159. The van der Waals surface area contributed by atoms with Crippen molar-refractivity contribution in [2.45, 2.75) is 68.3 Å². The van der Waals surface area contributed by atoms with Gasteiger partial charge in [-0.25, -0.2) is 14.8 Å². The molecule has 4 heterocycles. The highest BCUT2D eigenvalue weighted by atomic mass is 32.1. The number of hydrogen-bond acceptors (Lipinski definition) is 13. The second kappa shape index (κ2) is 12.4. The summed E-state index contributed by atoms with van der Waals surface area (Å²) >= 11 is 4.14. The average Bonchev–Trinajstić information content (AvgIpc) is 3.58. The summed E-state index contributed by atoms with van der Waals surface area (Å²) in [4.78, 5) is 59.9. The van der Waals surface area contributed by atoms with Crippen LogP contribution < -0.4 is 0 Å². The minimum Gasteiger partial charge on any atom is -0.428 e.